The topological polar surface area (TPSA) is 54.3 Å². The van der Waals surface area contributed by atoms with Crippen molar-refractivity contribution in [2.45, 2.75) is 19.8 Å². The van der Waals surface area contributed by atoms with Gasteiger partial charge in [-0.2, -0.15) is 5.10 Å². The van der Waals surface area contributed by atoms with Gasteiger partial charge in [0, 0.05) is 49.4 Å². The lowest BCUT2D eigenvalue weighted by atomic mass is 10.1. The van der Waals surface area contributed by atoms with Crippen molar-refractivity contribution in [3.8, 4) is 16.9 Å². The predicted molar refractivity (Wildman–Crippen MR) is 112 cm³/mol. The molecule has 0 bridgehead atoms. The van der Waals surface area contributed by atoms with E-state index in [1.54, 1.807) is 0 Å². The maximum absolute atomic E-state index is 13.4. The minimum atomic E-state index is 0.0408. The van der Waals surface area contributed by atoms with Crippen molar-refractivity contribution < 1.29 is 4.79 Å². The van der Waals surface area contributed by atoms with E-state index in [1.165, 1.54) is 5.56 Å². The molecule has 3 heterocycles. The zero-order valence-electron chi connectivity index (χ0n) is 16.9. The second kappa shape index (κ2) is 7.12. The molecule has 2 aliphatic rings. The van der Waals surface area contributed by atoms with E-state index in [1.807, 2.05) is 34.0 Å². The molecule has 29 heavy (non-hydrogen) atoms. The van der Waals surface area contributed by atoms with Crippen molar-refractivity contribution in [1.29, 1.82) is 0 Å². The molecule has 6 nitrogen and oxygen atoms in total. The van der Waals surface area contributed by atoms with Gasteiger partial charge in [0.1, 0.15) is 0 Å². The molecule has 1 saturated heterocycles. The molecule has 1 aromatic carbocycles. The molecule has 2 aromatic heterocycles. The first-order valence-corrected chi connectivity index (χ1v) is 10.3. The van der Waals surface area contributed by atoms with Gasteiger partial charge >= 0.3 is 0 Å². The van der Waals surface area contributed by atoms with E-state index in [9.17, 15) is 4.79 Å². The summed E-state index contributed by atoms with van der Waals surface area (Å²) in [5.41, 5.74) is 7.00. The molecular weight excluding hydrogens is 362 g/mol. The number of aryl methyl sites for hydroxylation is 1. The zero-order valence-corrected chi connectivity index (χ0v) is 16.9. The van der Waals surface area contributed by atoms with Gasteiger partial charge in [-0.25, -0.2) is 4.68 Å². The van der Waals surface area contributed by atoms with Gasteiger partial charge in [-0.15, -0.1) is 0 Å². The summed E-state index contributed by atoms with van der Waals surface area (Å²) in [4.78, 5) is 22.1. The number of rotatable bonds is 3. The number of fused-ring (bicyclic) bond motifs is 3. The Kier molecular flexibility index (Phi) is 4.43. The van der Waals surface area contributed by atoms with Crippen molar-refractivity contribution in [3.05, 3.63) is 65.1 Å². The number of hydrogen-bond acceptors (Lipinski definition) is 4. The van der Waals surface area contributed by atoms with Gasteiger partial charge in [0.05, 0.1) is 17.6 Å². The van der Waals surface area contributed by atoms with E-state index in [2.05, 4.69) is 42.1 Å². The Labute approximate surface area is 170 Å². The summed E-state index contributed by atoms with van der Waals surface area (Å²) in [6.45, 7) is 5.39. The minimum Gasteiger partial charge on any atom is -0.335 e. The maximum Gasteiger partial charge on any atom is 0.274 e. The zero-order chi connectivity index (χ0) is 20.0. The average Bonchev–Trinajstić information content (AvgIpc) is 3.31. The largest absolute Gasteiger partial charge is 0.335 e. The van der Waals surface area contributed by atoms with Crippen LogP contribution in [0.15, 0.2) is 42.6 Å². The summed E-state index contributed by atoms with van der Waals surface area (Å²) in [7, 11) is 2.10. The number of carbonyl (C=O) groups excluding carboxylic acids is 1. The first kappa shape index (κ1) is 18.1. The number of likely N-dealkylation sites (N-methyl/N-ethyl adjacent to an activating group) is 1. The molecule has 1 amide bonds. The van der Waals surface area contributed by atoms with Crippen molar-refractivity contribution >= 4 is 5.91 Å². The maximum atomic E-state index is 13.4. The highest BCUT2D eigenvalue weighted by Gasteiger charge is 2.33. The second-order valence-electron chi connectivity index (χ2n) is 7.88. The highest BCUT2D eigenvalue weighted by molar-refractivity contribution is 5.97. The summed E-state index contributed by atoms with van der Waals surface area (Å²) in [6, 6.07) is 12.4. The molecule has 0 N–H and O–H groups in total. The van der Waals surface area contributed by atoms with Crippen LogP contribution in [0, 0.1) is 0 Å². The van der Waals surface area contributed by atoms with Gasteiger partial charge in [0.15, 0.2) is 5.69 Å². The highest BCUT2D eigenvalue weighted by Crippen LogP contribution is 2.40. The summed E-state index contributed by atoms with van der Waals surface area (Å²) >= 11 is 0. The van der Waals surface area contributed by atoms with Crippen LogP contribution in [0.4, 0.5) is 0 Å². The highest BCUT2D eigenvalue weighted by atomic mass is 16.2. The molecule has 148 valence electrons. The lowest BCUT2D eigenvalue weighted by Gasteiger charge is -2.32. The number of benzene rings is 1. The van der Waals surface area contributed by atoms with Gasteiger partial charge in [0.25, 0.3) is 5.91 Å². The van der Waals surface area contributed by atoms with E-state index in [0.717, 1.165) is 67.2 Å². The normalized spacial score (nSPS) is 16.0. The first-order chi connectivity index (χ1) is 14.2. The monoisotopic (exact) mass is 387 g/mol. The Bertz CT molecular complexity index is 1060. The van der Waals surface area contributed by atoms with Crippen LogP contribution in [0.25, 0.3) is 16.9 Å². The number of aromatic nitrogens is 3. The third-order valence-electron chi connectivity index (χ3n) is 6.03. The molecular formula is C23H25N5O. The van der Waals surface area contributed by atoms with Crippen LogP contribution >= 0.6 is 0 Å². The Hall–Kier alpha value is -2.99. The standard InChI is InChI=1S/C23H25N5O/c1-3-17-8-9-18(15-24-17)28-22-19-7-5-4-6-16(19)14-20(22)21(25-28)23(29)27-12-10-26(2)11-13-27/h4-9,15H,3,10-14H2,1-2H3. The lowest BCUT2D eigenvalue weighted by Crippen LogP contribution is -2.47. The van der Waals surface area contributed by atoms with Crippen molar-refractivity contribution in [2.75, 3.05) is 33.2 Å². The molecule has 1 aliphatic heterocycles. The van der Waals surface area contributed by atoms with Crippen LogP contribution in [0.2, 0.25) is 0 Å². The number of hydrogen-bond donors (Lipinski definition) is 0. The van der Waals surface area contributed by atoms with E-state index < -0.39 is 0 Å². The fourth-order valence-electron chi connectivity index (χ4n) is 4.26. The Morgan fingerprint density at radius 3 is 2.59 bits per heavy atom. The molecule has 0 spiro atoms. The average molecular weight is 387 g/mol. The van der Waals surface area contributed by atoms with Gasteiger partial charge in [-0.3, -0.25) is 9.78 Å². The Morgan fingerprint density at radius 2 is 1.86 bits per heavy atom. The third-order valence-corrected chi connectivity index (χ3v) is 6.03. The van der Waals surface area contributed by atoms with Crippen LogP contribution in [0.5, 0.6) is 0 Å². The Balaban J connectivity index is 1.60. The smallest absolute Gasteiger partial charge is 0.274 e. The quantitative estimate of drug-likeness (QED) is 0.542. The summed E-state index contributed by atoms with van der Waals surface area (Å²) in [5.74, 6) is 0.0408. The predicted octanol–water partition coefficient (Wildman–Crippen LogP) is 2.79. The Morgan fingerprint density at radius 1 is 1.07 bits per heavy atom. The summed E-state index contributed by atoms with van der Waals surface area (Å²) < 4.78 is 1.91. The van der Waals surface area contributed by atoms with E-state index in [-0.39, 0.29) is 5.91 Å². The van der Waals surface area contributed by atoms with Gasteiger partial charge in [0.2, 0.25) is 0 Å². The molecule has 5 rings (SSSR count). The van der Waals surface area contributed by atoms with Crippen molar-refractivity contribution in [3.63, 3.8) is 0 Å². The fourth-order valence-corrected chi connectivity index (χ4v) is 4.26. The molecule has 0 saturated carbocycles. The molecule has 0 atom stereocenters. The number of piperazine rings is 1. The number of carbonyl (C=O) groups is 1. The van der Waals surface area contributed by atoms with Gasteiger partial charge < -0.3 is 9.80 Å². The molecule has 6 heteroatoms. The van der Waals surface area contributed by atoms with Gasteiger partial charge in [-0.1, -0.05) is 31.2 Å². The number of amides is 1. The third kappa shape index (κ3) is 3.04. The molecule has 0 unspecified atom stereocenters. The van der Waals surface area contributed by atoms with Gasteiger partial charge in [-0.05, 0) is 31.2 Å². The van der Waals surface area contributed by atoms with Crippen LogP contribution in [0.1, 0.15) is 34.2 Å². The van der Waals surface area contributed by atoms with Crippen LogP contribution in [-0.2, 0) is 12.8 Å². The van der Waals surface area contributed by atoms with Crippen molar-refractivity contribution in [2.24, 2.45) is 0 Å². The molecule has 1 aliphatic carbocycles. The second-order valence-corrected chi connectivity index (χ2v) is 7.88. The molecule has 1 fully saturated rings. The molecule has 3 aromatic rings. The van der Waals surface area contributed by atoms with Crippen molar-refractivity contribution in [1.82, 2.24) is 24.6 Å². The summed E-state index contributed by atoms with van der Waals surface area (Å²) in [6.07, 6.45) is 3.51. The minimum absolute atomic E-state index is 0.0408. The SMILES string of the molecule is CCc1ccc(-n2nc(C(=O)N3CCN(C)CC3)c3c2-c2ccccc2C3)cn1. The van der Waals surface area contributed by atoms with Crippen LogP contribution in [-0.4, -0.2) is 63.7 Å². The lowest BCUT2D eigenvalue weighted by molar-refractivity contribution is 0.0657. The van der Waals surface area contributed by atoms with E-state index in [4.69, 9.17) is 5.10 Å². The number of nitrogens with zero attached hydrogens (tertiary/aromatic N) is 5. The van der Waals surface area contributed by atoms with Crippen LogP contribution < -0.4 is 0 Å². The first-order valence-electron chi connectivity index (χ1n) is 10.3. The summed E-state index contributed by atoms with van der Waals surface area (Å²) in [5, 5.41) is 4.82. The van der Waals surface area contributed by atoms with E-state index in [0.29, 0.717) is 5.69 Å². The van der Waals surface area contributed by atoms with Crippen LogP contribution in [0.3, 0.4) is 0 Å². The fraction of sp³-hybridized carbons (Fsp3) is 0.348. The molecule has 0 radical (unpaired) electrons. The van der Waals surface area contributed by atoms with E-state index >= 15 is 0 Å². The number of pyridine rings is 1.